The van der Waals surface area contributed by atoms with Gasteiger partial charge in [0, 0.05) is 30.0 Å². The summed E-state index contributed by atoms with van der Waals surface area (Å²) in [5, 5.41) is 3.50. The van der Waals surface area contributed by atoms with Crippen molar-refractivity contribution in [3.63, 3.8) is 0 Å². The molecule has 1 aromatic heterocycles. The van der Waals surface area contributed by atoms with Crippen LogP contribution in [0.4, 0.5) is 17.5 Å². The van der Waals surface area contributed by atoms with E-state index in [9.17, 15) is 0 Å². The van der Waals surface area contributed by atoms with E-state index in [0.29, 0.717) is 0 Å². The number of anilines is 3. The Morgan fingerprint density at radius 1 is 1.00 bits per heavy atom. The topological polar surface area (TPSA) is 41.1 Å². The van der Waals surface area contributed by atoms with Gasteiger partial charge in [-0.15, -0.1) is 0 Å². The molecule has 0 unspecified atom stereocenters. The number of benzene rings is 1. The highest BCUT2D eigenvalue weighted by molar-refractivity contribution is 5.66. The normalized spacial score (nSPS) is 16.1. The molecule has 1 N–H and O–H groups in total. The van der Waals surface area contributed by atoms with Crippen molar-refractivity contribution in [3.8, 4) is 0 Å². The number of aromatic nitrogens is 2. The first kappa shape index (κ1) is 19.0. The predicted octanol–water partition coefficient (Wildman–Crippen LogP) is 5.71. The summed E-state index contributed by atoms with van der Waals surface area (Å²) in [5.41, 5.74) is 8.95. The van der Waals surface area contributed by atoms with Crippen LogP contribution in [-0.2, 0) is 6.42 Å². The second-order valence-electron chi connectivity index (χ2n) is 8.43. The van der Waals surface area contributed by atoms with E-state index in [-0.39, 0.29) is 0 Å². The number of aryl methyl sites for hydroxylation is 4. The first-order chi connectivity index (χ1) is 13.5. The summed E-state index contributed by atoms with van der Waals surface area (Å²) >= 11 is 0. The van der Waals surface area contributed by atoms with E-state index < -0.39 is 0 Å². The van der Waals surface area contributed by atoms with Crippen LogP contribution in [0.5, 0.6) is 0 Å². The second kappa shape index (κ2) is 7.94. The average Bonchev–Trinajstić information content (AvgIpc) is 3.07. The van der Waals surface area contributed by atoms with E-state index in [4.69, 9.17) is 9.97 Å². The lowest BCUT2D eigenvalue weighted by atomic mass is 9.97. The average molecular weight is 377 g/mol. The van der Waals surface area contributed by atoms with Crippen molar-refractivity contribution in [2.24, 2.45) is 0 Å². The summed E-state index contributed by atoms with van der Waals surface area (Å²) in [5.74, 6) is 1.85. The van der Waals surface area contributed by atoms with Crippen LogP contribution in [0.3, 0.4) is 0 Å². The standard InChI is InChI=1S/C24H32N4/c1-16-14-17(2)22(18(3)15-16)26-24-25-19(4)21-11-13-28(23(21)27-24)12-10-20-8-6-5-7-9-20/h8,14-15H,5-7,9-13H2,1-4H3,(H,25,26,27). The van der Waals surface area contributed by atoms with Gasteiger partial charge in [-0.25, -0.2) is 4.98 Å². The molecule has 28 heavy (non-hydrogen) atoms. The minimum absolute atomic E-state index is 0.718. The monoisotopic (exact) mass is 376 g/mol. The minimum atomic E-state index is 0.718. The summed E-state index contributed by atoms with van der Waals surface area (Å²) in [6, 6.07) is 4.42. The molecule has 2 aliphatic rings. The van der Waals surface area contributed by atoms with E-state index in [1.807, 2.05) is 0 Å². The molecule has 0 saturated heterocycles. The molecular formula is C24H32N4. The molecule has 148 valence electrons. The highest BCUT2D eigenvalue weighted by Crippen LogP contribution is 2.32. The SMILES string of the molecule is Cc1cc(C)c(Nc2nc(C)c3c(n2)N(CCC2=CCCCC2)CC3)c(C)c1. The molecule has 1 aliphatic carbocycles. The maximum absolute atomic E-state index is 4.94. The van der Waals surface area contributed by atoms with Gasteiger partial charge < -0.3 is 10.2 Å². The number of nitrogens with one attached hydrogen (secondary N) is 1. The van der Waals surface area contributed by atoms with Gasteiger partial charge in [-0.05, 0) is 77.3 Å². The molecule has 4 nitrogen and oxygen atoms in total. The van der Waals surface area contributed by atoms with E-state index in [2.05, 4.69) is 56.1 Å². The number of hydrogen-bond acceptors (Lipinski definition) is 4. The third kappa shape index (κ3) is 3.91. The zero-order valence-corrected chi connectivity index (χ0v) is 17.7. The van der Waals surface area contributed by atoms with Crippen molar-refractivity contribution >= 4 is 17.5 Å². The van der Waals surface area contributed by atoms with Gasteiger partial charge in [-0.3, -0.25) is 0 Å². The van der Waals surface area contributed by atoms with Gasteiger partial charge in [0.25, 0.3) is 0 Å². The Labute approximate surface area is 169 Å². The fourth-order valence-corrected chi connectivity index (χ4v) is 4.66. The molecule has 0 saturated carbocycles. The quantitative estimate of drug-likeness (QED) is 0.679. The van der Waals surface area contributed by atoms with E-state index in [1.54, 1.807) is 5.57 Å². The van der Waals surface area contributed by atoms with Crippen LogP contribution in [0.1, 0.15) is 60.1 Å². The highest BCUT2D eigenvalue weighted by Gasteiger charge is 2.24. The fourth-order valence-electron chi connectivity index (χ4n) is 4.66. The van der Waals surface area contributed by atoms with Crippen molar-refractivity contribution in [2.75, 3.05) is 23.3 Å². The highest BCUT2D eigenvalue weighted by atomic mass is 15.2. The van der Waals surface area contributed by atoms with Crippen LogP contribution in [0.2, 0.25) is 0 Å². The lowest BCUT2D eigenvalue weighted by Gasteiger charge is -2.21. The smallest absolute Gasteiger partial charge is 0.229 e. The molecule has 1 aliphatic heterocycles. The number of fused-ring (bicyclic) bond motifs is 1. The fraction of sp³-hybridized carbons (Fsp3) is 0.500. The molecule has 4 heteroatoms. The zero-order chi connectivity index (χ0) is 19.7. The van der Waals surface area contributed by atoms with Crippen LogP contribution < -0.4 is 10.2 Å². The van der Waals surface area contributed by atoms with E-state index >= 15 is 0 Å². The molecule has 1 aromatic carbocycles. The summed E-state index contributed by atoms with van der Waals surface area (Å²) in [6.45, 7) is 10.7. The van der Waals surface area contributed by atoms with Crippen LogP contribution in [0.15, 0.2) is 23.8 Å². The lowest BCUT2D eigenvalue weighted by molar-refractivity contribution is 0.666. The van der Waals surface area contributed by atoms with Gasteiger partial charge >= 0.3 is 0 Å². The van der Waals surface area contributed by atoms with Gasteiger partial charge in [-0.2, -0.15) is 4.98 Å². The van der Waals surface area contributed by atoms with Gasteiger partial charge in [0.1, 0.15) is 5.82 Å². The Hall–Kier alpha value is -2.36. The Morgan fingerprint density at radius 3 is 2.50 bits per heavy atom. The number of hydrogen-bond donors (Lipinski definition) is 1. The first-order valence-electron chi connectivity index (χ1n) is 10.7. The van der Waals surface area contributed by atoms with Gasteiger partial charge in [0.05, 0.1) is 0 Å². The summed E-state index contributed by atoms with van der Waals surface area (Å²) in [7, 11) is 0. The number of rotatable bonds is 5. The molecule has 2 heterocycles. The molecule has 0 bridgehead atoms. The Balaban J connectivity index is 1.55. The molecule has 0 atom stereocenters. The molecule has 0 radical (unpaired) electrons. The summed E-state index contributed by atoms with van der Waals surface area (Å²) < 4.78 is 0. The maximum atomic E-state index is 4.94. The molecule has 0 amide bonds. The first-order valence-corrected chi connectivity index (χ1v) is 10.7. The summed E-state index contributed by atoms with van der Waals surface area (Å²) in [6.07, 6.45) is 9.94. The van der Waals surface area contributed by atoms with Crippen LogP contribution in [0, 0.1) is 27.7 Å². The molecule has 0 spiro atoms. The molecule has 2 aromatic rings. The van der Waals surface area contributed by atoms with Crippen molar-refractivity contribution in [1.29, 1.82) is 0 Å². The Bertz CT molecular complexity index is 890. The van der Waals surface area contributed by atoms with Crippen LogP contribution in [0.25, 0.3) is 0 Å². The summed E-state index contributed by atoms with van der Waals surface area (Å²) in [4.78, 5) is 12.2. The van der Waals surface area contributed by atoms with E-state index in [1.165, 1.54) is 54.4 Å². The van der Waals surface area contributed by atoms with Crippen LogP contribution >= 0.6 is 0 Å². The molecule has 4 rings (SSSR count). The molecular weight excluding hydrogens is 344 g/mol. The Morgan fingerprint density at radius 2 is 1.79 bits per heavy atom. The third-order valence-electron chi connectivity index (χ3n) is 6.13. The Kier molecular flexibility index (Phi) is 5.38. The lowest BCUT2D eigenvalue weighted by Crippen LogP contribution is -2.23. The second-order valence-corrected chi connectivity index (χ2v) is 8.43. The number of nitrogens with zero attached hydrogens (tertiary/aromatic N) is 3. The third-order valence-corrected chi connectivity index (χ3v) is 6.13. The van der Waals surface area contributed by atoms with Crippen molar-refractivity contribution in [2.45, 2.75) is 66.2 Å². The zero-order valence-electron chi connectivity index (χ0n) is 17.7. The van der Waals surface area contributed by atoms with Gasteiger partial charge in [-0.1, -0.05) is 29.3 Å². The largest absolute Gasteiger partial charge is 0.356 e. The van der Waals surface area contributed by atoms with Crippen molar-refractivity contribution in [3.05, 3.63) is 51.7 Å². The van der Waals surface area contributed by atoms with Crippen LogP contribution in [-0.4, -0.2) is 23.1 Å². The van der Waals surface area contributed by atoms with Gasteiger partial charge in [0.15, 0.2) is 0 Å². The predicted molar refractivity (Wildman–Crippen MR) is 118 cm³/mol. The number of allylic oxidation sites excluding steroid dienone is 1. The van der Waals surface area contributed by atoms with Gasteiger partial charge in [0.2, 0.25) is 5.95 Å². The van der Waals surface area contributed by atoms with E-state index in [0.717, 1.165) is 42.7 Å². The molecule has 0 fully saturated rings. The minimum Gasteiger partial charge on any atom is -0.356 e. The van der Waals surface area contributed by atoms with Crippen molar-refractivity contribution < 1.29 is 0 Å². The maximum Gasteiger partial charge on any atom is 0.229 e. The van der Waals surface area contributed by atoms with Crippen molar-refractivity contribution in [1.82, 2.24) is 9.97 Å².